The minimum absolute atomic E-state index is 0.0185. The van der Waals surface area contributed by atoms with Gasteiger partial charge in [0.15, 0.2) is 0 Å². The molecule has 126 valence electrons. The van der Waals surface area contributed by atoms with E-state index in [1.165, 1.54) is 0 Å². The van der Waals surface area contributed by atoms with Gasteiger partial charge in [-0.15, -0.1) is 0 Å². The Balaban J connectivity index is 1.33. The summed E-state index contributed by atoms with van der Waals surface area (Å²) in [5.41, 5.74) is 1.88. The molecule has 0 radical (unpaired) electrons. The molecule has 0 spiro atoms. The second-order valence-corrected chi connectivity index (χ2v) is 7.02. The molecule has 2 heterocycles. The van der Waals surface area contributed by atoms with Crippen LogP contribution in [0.5, 0.6) is 0 Å². The quantitative estimate of drug-likeness (QED) is 0.902. The fourth-order valence-electron chi connectivity index (χ4n) is 3.35. The average Bonchev–Trinajstić information content (AvgIpc) is 2.99. The highest BCUT2D eigenvalue weighted by Gasteiger charge is 2.44. The Kier molecular flexibility index (Phi) is 4.29. The Bertz CT molecular complexity index is 739. The molecule has 1 aliphatic heterocycles. The Morgan fingerprint density at radius 2 is 2.38 bits per heavy atom. The molecule has 24 heavy (non-hydrogen) atoms. The zero-order valence-corrected chi connectivity index (χ0v) is 14.1. The molecule has 0 bridgehead atoms. The van der Waals surface area contributed by atoms with Crippen LogP contribution >= 0.6 is 11.6 Å². The molecule has 1 aromatic carbocycles. The first-order valence-electron chi connectivity index (χ1n) is 8.39. The number of ether oxygens (including phenoxy) is 1. The van der Waals surface area contributed by atoms with Crippen LogP contribution in [0.3, 0.4) is 0 Å². The molecule has 2 aliphatic rings. The molecular formula is C18H20ClN3O2. The van der Waals surface area contributed by atoms with E-state index in [9.17, 15) is 4.79 Å². The molecule has 2 fully saturated rings. The number of hydrogen-bond acceptors (Lipinski definition) is 3. The van der Waals surface area contributed by atoms with Crippen LogP contribution in [0.15, 0.2) is 36.7 Å². The first-order valence-corrected chi connectivity index (χ1v) is 8.77. The topological polar surface area (TPSA) is 56.2 Å². The summed E-state index contributed by atoms with van der Waals surface area (Å²) in [7, 11) is 0. The predicted octanol–water partition coefficient (Wildman–Crippen LogP) is 3.46. The number of amides is 1. The van der Waals surface area contributed by atoms with Crippen LogP contribution in [0.1, 0.15) is 30.7 Å². The fraction of sp³-hybridized carbons (Fsp3) is 0.444. The van der Waals surface area contributed by atoms with Crippen molar-refractivity contribution in [3.05, 3.63) is 47.2 Å². The third-order valence-corrected chi connectivity index (χ3v) is 4.95. The van der Waals surface area contributed by atoms with Gasteiger partial charge in [0.1, 0.15) is 0 Å². The average molecular weight is 346 g/mol. The van der Waals surface area contributed by atoms with E-state index < -0.39 is 0 Å². The van der Waals surface area contributed by atoms with E-state index in [1.807, 2.05) is 35.1 Å². The maximum atomic E-state index is 12.4. The van der Waals surface area contributed by atoms with E-state index in [0.29, 0.717) is 5.02 Å². The molecule has 1 saturated heterocycles. The Hall–Kier alpha value is -1.85. The molecule has 6 heteroatoms. The molecule has 5 nitrogen and oxygen atoms in total. The SMILES string of the molecule is O=C(Nc1cnn(C[C@@H]2CCCO2)c1)[C@H]1C[C@@H]1c1cccc(Cl)c1. The molecule has 1 N–H and O–H groups in total. The van der Waals surface area contributed by atoms with E-state index in [2.05, 4.69) is 10.4 Å². The van der Waals surface area contributed by atoms with Gasteiger partial charge in [-0.05, 0) is 42.9 Å². The number of rotatable bonds is 5. The van der Waals surface area contributed by atoms with Crippen LogP contribution < -0.4 is 5.32 Å². The third kappa shape index (κ3) is 3.47. The Morgan fingerprint density at radius 1 is 1.46 bits per heavy atom. The van der Waals surface area contributed by atoms with Gasteiger partial charge in [-0.2, -0.15) is 5.10 Å². The highest BCUT2D eigenvalue weighted by Crippen LogP contribution is 2.48. The van der Waals surface area contributed by atoms with Crippen LogP contribution in [0, 0.1) is 5.92 Å². The molecular weight excluding hydrogens is 326 g/mol. The van der Waals surface area contributed by atoms with E-state index >= 15 is 0 Å². The lowest BCUT2D eigenvalue weighted by Gasteiger charge is -2.08. The van der Waals surface area contributed by atoms with Crippen molar-refractivity contribution in [2.75, 3.05) is 11.9 Å². The number of nitrogens with one attached hydrogen (secondary N) is 1. The summed E-state index contributed by atoms with van der Waals surface area (Å²) in [5.74, 6) is 0.340. The highest BCUT2D eigenvalue weighted by atomic mass is 35.5. The molecule has 0 unspecified atom stereocenters. The number of hydrogen-bond donors (Lipinski definition) is 1. The minimum atomic E-state index is 0.0185. The number of carbonyl (C=O) groups is 1. The first-order chi connectivity index (χ1) is 11.7. The lowest BCUT2D eigenvalue weighted by atomic mass is 10.1. The van der Waals surface area contributed by atoms with E-state index in [1.54, 1.807) is 6.20 Å². The summed E-state index contributed by atoms with van der Waals surface area (Å²) < 4.78 is 7.45. The van der Waals surface area contributed by atoms with Gasteiger partial charge in [-0.1, -0.05) is 23.7 Å². The fourth-order valence-corrected chi connectivity index (χ4v) is 3.55. The zero-order valence-electron chi connectivity index (χ0n) is 13.3. The largest absolute Gasteiger partial charge is 0.376 e. The van der Waals surface area contributed by atoms with E-state index in [0.717, 1.165) is 43.7 Å². The summed E-state index contributed by atoms with van der Waals surface area (Å²) >= 11 is 6.02. The van der Waals surface area contributed by atoms with Crippen molar-refractivity contribution in [3.8, 4) is 0 Å². The van der Waals surface area contributed by atoms with Crippen molar-refractivity contribution in [3.63, 3.8) is 0 Å². The lowest BCUT2D eigenvalue weighted by molar-refractivity contribution is -0.117. The zero-order chi connectivity index (χ0) is 16.5. The van der Waals surface area contributed by atoms with Crippen LogP contribution in [0.2, 0.25) is 5.02 Å². The van der Waals surface area contributed by atoms with Gasteiger partial charge in [0, 0.05) is 23.7 Å². The summed E-state index contributed by atoms with van der Waals surface area (Å²) in [6.45, 7) is 1.58. The minimum Gasteiger partial charge on any atom is -0.376 e. The van der Waals surface area contributed by atoms with Crippen LogP contribution in [-0.4, -0.2) is 28.4 Å². The van der Waals surface area contributed by atoms with Crippen molar-refractivity contribution >= 4 is 23.2 Å². The van der Waals surface area contributed by atoms with Gasteiger partial charge in [-0.25, -0.2) is 0 Å². The monoisotopic (exact) mass is 345 g/mol. The van der Waals surface area contributed by atoms with Gasteiger partial charge in [-0.3, -0.25) is 9.48 Å². The summed E-state index contributed by atoms with van der Waals surface area (Å²) in [6, 6.07) is 7.76. The molecule has 4 rings (SSSR count). The van der Waals surface area contributed by atoms with Crippen LogP contribution in [0.4, 0.5) is 5.69 Å². The normalized spacial score (nSPS) is 25.6. The standard InChI is InChI=1S/C18H20ClN3O2/c19-13-4-1-3-12(7-13)16-8-17(16)18(23)21-14-9-20-22(10-14)11-15-5-2-6-24-15/h1,3-4,7,9-10,15-17H,2,5-6,8,11H2,(H,21,23)/t15-,16+,17-/m0/s1. The van der Waals surface area contributed by atoms with Crippen LogP contribution in [-0.2, 0) is 16.1 Å². The van der Waals surface area contributed by atoms with Gasteiger partial charge in [0.2, 0.25) is 5.91 Å². The molecule has 1 aliphatic carbocycles. The number of anilines is 1. The maximum absolute atomic E-state index is 12.4. The van der Waals surface area contributed by atoms with Gasteiger partial charge in [0.25, 0.3) is 0 Å². The molecule has 1 aromatic heterocycles. The van der Waals surface area contributed by atoms with Crippen molar-refractivity contribution in [1.82, 2.24) is 9.78 Å². The number of aromatic nitrogens is 2. The van der Waals surface area contributed by atoms with Crippen LogP contribution in [0.25, 0.3) is 0 Å². The van der Waals surface area contributed by atoms with Crippen molar-refractivity contribution in [2.24, 2.45) is 5.92 Å². The number of benzene rings is 1. The predicted molar refractivity (Wildman–Crippen MR) is 92.1 cm³/mol. The Morgan fingerprint density at radius 3 is 3.17 bits per heavy atom. The van der Waals surface area contributed by atoms with Crippen molar-refractivity contribution in [2.45, 2.75) is 37.8 Å². The van der Waals surface area contributed by atoms with E-state index in [-0.39, 0.29) is 23.8 Å². The second kappa shape index (κ2) is 6.57. The molecule has 1 saturated carbocycles. The molecule has 2 aromatic rings. The van der Waals surface area contributed by atoms with Gasteiger partial charge >= 0.3 is 0 Å². The number of nitrogens with zero attached hydrogens (tertiary/aromatic N) is 2. The number of carbonyl (C=O) groups excluding carboxylic acids is 1. The molecule has 3 atom stereocenters. The third-order valence-electron chi connectivity index (χ3n) is 4.72. The highest BCUT2D eigenvalue weighted by molar-refractivity contribution is 6.30. The summed E-state index contributed by atoms with van der Waals surface area (Å²) in [6.07, 6.45) is 6.87. The van der Waals surface area contributed by atoms with E-state index in [4.69, 9.17) is 16.3 Å². The lowest BCUT2D eigenvalue weighted by Crippen LogP contribution is -2.16. The van der Waals surface area contributed by atoms with Gasteiger partial charge < -0.3 is 10.1 Å². The number of halogens is 1. The smallest absolute Gasteiger partial charge is 0.228 e. The summed E-state index contributed by atoms with van der Waals surface area (Å²) in [4.78, 5) is 12.4. The maximum Gasteiger partial charge on any atom is 0.228 e. The van der Waals surface area contributed by atoms with Gasteiger partial charge in [0.05, 0.1) is 24.5 Å². The first kappa shape index (κ1) is 15.7. The summed E-state index contributed by atoms with van der Waals surface area (Å²) in [5, 5.41) is 7.99. The van der Waals surface area contributed by atoms with Crippen molar-refractivity contribution in [1.29, 1.82) is 0 Å². The van der Waals surface area contributed by atoms with Crippen molar-refractivity contribution < 1.29 is 9.53 Å². The molecule has 1 amide bonds. The second-order valence-electron chi connectivity index (χ2n) is 6.58. The Labute approximate surface area is 145 Å².